The van der Waals surface area contributed by atoms with Crippen molar-refractivity contribution in [2.24, 2.45) is 5.92 Å². The van der Waals surface area contributed by atoms with Crippen LogP contribution in [0.25, 0.3) is 0 Å². The van der Waals surface area contributed by atoms with Gasteiger partial charge >= 0.3 is 0 Å². The third-order valence-corrected chi connectivity index (χ3v) is 4.16. The van der Waals surface area contributed by atoms with E-state index in [1.807, 2.05) is 32.0 Å². The van der Waals surface area contributed by atoms with Gasteiger partial charge in [0.05, 0.1) is 18.1 Å². The van der Waals surface area contributed by atoms with Crippen LogP contribution < -0.4 is 10.1 Å². The van der Waals surface area contributed by atoms with E-state index in [0.29, 0.717) is 6.54 Å². The number of hydrogen-bond donors (Lipinski definition) is 1. The number of nitrogens with zero attached hydrogens (tertiary/aromatic N) is 1. The number of rotatable bonds is 4. The summed E-state index contributed by atoms with van der Waals surface area (Å²) in [4.78, 5) is 25.8. The van der Waals surface area contributed by atoms with Crippen molar-refractivity contribution in [3.8, 4) is 5.75 Å². The fraction of sp³-hybridized carbons (Fsp3) is 0.467. The lowest BCUT2D eigenvalue weighted by Crippen LogP contribution is -2.59. The Hall–Kier alpha value is -1.56. The Morgan fingerprint density at radius 1 is 1.43 bits per heavy atom. The maximum atomic E-state index is 12.1. The van der Waals surface area contributed by atoms with Gasteiger partial charge in [0.25, 0.3) is 0 Å². The number of ether oxygens (including phenoxy) is 1. The van der Waals surface area contributed by atoms with Crippen LogP contribution in [0.15, 0.2) is 22.7 Å². The molecule has 1 unspecified atom stereocenters. The second-order valence-corrected chi connectivity index (χ2v) is 6.25. The molecular formula is C15H19BrN2O3. The molecule has 0 aliphatic carbocycles. The molecule has 1 heterocycles. The van der Waals surface area contributed by atoms with Gasteiger partial charge in [-0.15, -0.1) is 0 Å². The van der Waals surface area contributed by atoms with Crippen LogP contribution in [0.1, 0.15) is 19.4 Å². The second-order valence-electron chi connectivity index (χ2n) is 5.40. The summed E-state index contributed by atoms with van der Waals surface area (Å²) in [5.74, 6) is 0.662. The minimum atomic E-state index is -0.424. The fourth-order valence-corrected chi connectivity index (χ4v) is 3.11. The molecule has 114 valence electrons. The van der Waals surface area contributed by atoms with Gasteiger partial charge in [-0.2, -0.15) is 0 Å². The number of amides is 2. The zero-order chi connectivity index (χ0) is 15.6. The SMILES string of the molecule is COc1ccc(CN2C(=O)CNC(=O)C2C(C)C)cc1Br. The van der Waals surface area contributed by atoms with Crippen LogP contribution in [0.5, 0.6) is 5.75 Å². The lowest BCUT2D eigenvalue weighted by Gasteiger charge is -2.37. The lowest BCUT2D eigenvalue weighted by atomic mass is 9.98. The zero-order valence-corrected chi connectivity index (χ0v) is 13.9. The molecule has 6 heteroatoms. The van der Waals surface area contributed by atoms with Crippen molar-refractivity contribution < 1.29 is 14.3 Å². The first kappa shape index (κ1) is 15.8. The Balaban J connectivity index is 2.24. The van der Waals surface area contributed by atoms with Crippen LogP contribution in [-0.4, -0.2) is 36.4 Å². The Morgan fingerprint density at radius 3 is 2.71 bits per heavy atom. The van der Waals surface area contributed by atoms with Gasteiger partial charge in [-0.3, -0.25) is 9.59 Å². The van der Waals surface area contributed by atoms with Crippen molar-refractivity contribution in [1.82, 2.24) is 10.2 Å². The molecule has 0 saturated carbocycles. The summed E-state index contributed by atoms with van der Waals surface area (Å²) in [5.41, 5.74) is 0.955. The van der Waals surface area contributed by atoms with E-state index in [2.05, 4.69) is 21.2 Å². The highest BCUT2D eigenvalue weighted by Gasteiger charge is 2.36. The van der Waals surface area contributed by atoms with E-state index >= 15 is 0 Å². The summed E-state index contributed by atoms with van der Waals surface area (Å²) in [5, 5.41) is 2.65. The van der Waals surface area contributed by atoms with Crippen LogP contribution in [0.4, 0.5) is 0 Å². The van der Waals surface area contributed by atoms with Crippen LogP contribution in [0, 0.1) is 5.92 Å². The van der Waals surface area contributed by atoms with Crippen molar-refractivity contribution in [3.63, 3.8) is 0 Å². The Labute approximate surface area is 132 Å². The third-order valence-electron chi connectivity index (χ3n) is 3.54. The molecule has 1 aliphatic heterocycles. The normalized spacial score (nSPS) is 18.9. The summed E-state index contributed by atoms with van der Waals surface area (Å²) >= 11 is 3.44. The topological polar surface area (TPSA) is 58.6 Å². The number of methoxy groups -OCH3 is 1. The molecule has 0 aromatic heterocycles. The van der Waals surface area contributed by atoms with Gasteiger partial charge in [-0.25, -0.2) is 0 Å². The van der Waals surface area contributed by atoms with Crippen molar-refractivity contribution in [1.29, 1.82) is 0 Å². The molecule has 2 amide bonds. The largest absolute Gasteiger partial charge is 0.496 e. The monoisotopic (exact) mass is 354 g/mol. The molecule has 0 bridgehead atoms. The molecule has 1 fully saturated rings. The smallest absolute Gasteiger partial charge is 0.243 e. The molecule has 0 radical (unpaired) electrons. The van der Waals surface area contributed by atoms with Crippen molar-refractivity contribution in [2.45, 2.75) is 26.4 Å². The molecule has 1 atom stereocenters. The Morgan fingerprint density at radius 2 is 2.14 bits per heavy atom. The summed E-state index contributed by atoms with van der Waals surface area (Å²) in [6, 6.07) is 5.24. The van der Waals surface area contributed by atoms with Gasteiger partial charge in [-0.1, -0.05) is 19.9 Å². The first-order chi connectivity index (χ1) is 9.93. The molecule has 0 spiro atoms. The molecule has 5 nitrogen and oxygen atoms in total. The Bertz CT molecular complexity index is 560. The standard InChI is InChI=1S/C15H19BrN2O3/c1-9(2)14-15(20)17-7-13(19)18(14)8-10-4-5-12(21-3)11(16)6-10/h4-6,9,14H,7-8H2,1-3H3,(H,17,20). The van der Waals surface area contributed by atoms with Crippen LogP contribution >= 0.6 is 15.9 Å². The molecule has 1 aromatic rings. The minimum absolute atomic E-state index is 0.0553. The summed E-state index contributed by atoms with van der Waals surface area (Å²) in [7, 11) is 1.60. The van der Waals surface area contributed by atoms with Crippen LogP contribution in [0.3, 0.4) is 0 Å². The van der Waals surface area contributed by atoms with Crippen molar-refractivity contribution in [3.05, 3.63) is 28.2 Å². The van der Waals surface area contributed by atoms with E-state index in [-0.39, 0.29) is 24.3 Å². The number of carbonyl (C=O) groups excluding carboxylic acids is 2. The summed E-state index contributed by atoms with van der Waals surface area (Å²) < 4.78 is 6.03. The van der Waals surface area contributed by atoms with Gasteiger partial charge in [0.1, 0.15) is 11.8 Å². The maximum Gasteiger partial charge on any atom is 0.243 e. The summed E-state index contributed by atoms with van der Waals surface area (Å²) in [6.45, 7) is 4.37. The van der Waals surface area contributed by atoms with E-state index in [1.54, 1.807) is 12.0 Å². The average molecular weight is 355 g/mol. The molecule has 1 saturated heterocycles. The highest BCUT2D eigenvalue weighted by molar-refractivity contribution is 9.10. The zero-order valence-electron chi connectivity index (χ0n) is 12.4. The highest BCUT2D eigenvalue weighted by atomic mass is 79.9. The molecule has 1 aromatic carbocycles. The van der Waals surface area contributed by atoms with Gasteiger partial charge in [0, 0.05) is 6.54 Å². The van der Waals surface area contributed by atoms with Gasteiger partial charge < -0.3 is 15.0 Å². The molecule has 1 aliphatic rings. The lowest BCUT2D eigenvalue weighted by molar-refractivity contribution is -0.148. The van der Waals surface area contributed by atoms with Crippen molar-refractivity contribution in [2.75, 3.05) is 13.7 Å². The van der Waals surface area contributed by atoms with E-state index in [9.17, 15) is 9.59 Å². The number of nitrogens with one attached hydrogen (secondary N) is 1. The second kappa shape index (κ2) is 6.47. The maximum absolute atomic E-state index is 12.1. The minimum Gasteiger partial charge on any atom is -0.496 e. The van der Waals surface area contributed by atoms with Crippen molar-refractivity contribution >= 4 is 27.7 Å². The number of halogens is 1. The molecule has 2 rings (SSSR count). The number of benzene rings is 1. The third kappa shape index (κ3) is 3.37. The first-order valence-corrected chi connectivity index (χ1v) is 7.63. The highest BCUT2D eigenvalue weighted by Crippen LogP contribution is 2.27. The van der Waals surface area contributed by atoms with E-state index in [1.165, 1.54) is 0 Å². The Kier molecular flexibility index (Phi) is 4.88. The molecule has 21 heavy (non-hydrogen) atoms. The summed E-state index contributed by atoms with van der Waals surface area (Å²) in [6.07, 6.45) is 0. The van der Waals surface area contributed by atoms with E-state index < -0.39 is 6.04 Å². The van der Waals surface area contributed by atoms with Gasteiger partial charge in [0.15, 0.2) is 0 Å². The first-order valence-electron chi connectivity index (χ1n) is 6.83. The van der Waals surface area contributed by atoms with Gasteiger partial charge in [-0.05, 0) is 39.5 Å². The fourth-order valence-electron chi connectivity index (χ4n) is 2.52. The van der Waals surface area contributed by atoms with Gasteiger partial charge in [0.2, 0.25) is 11.8 Å². The number of piperazine rings is 1. The average Bonchev–Trinajstić information content (AvgIpc) is 2.43. The quantitative estimate of drug-likeness (QED) is 0.898. The number of hydrogen-bond acceptors (Lipinski definition) is 3. The molecular weight excluding hydrogens is 336 g/mol. The predicted octanol–water partition coefficient (Wildman–Crippen LogP) is 1.94. The molecule has 1 N–H and O–H groups in total. The van der Waals surface area contributed by atoms with Crippen LogP contribution in [-0.2, 0) is 16.1 Å². The van der Waals surface area contributed by atoms with Crippen LogP contribution in [0.2, 0.25) is 0 Å². The number of carbonyl (C=O) groups is 2. The van der Waals surface area contributed by atoms with E-state index in [4.69, 9.17) is 4.74 Å². The van der Waals surface area contributed by atoms with E-state index in [0.717, 1.165) is 15.8 Å². The predicted molar refractivity (Wildman–Crippen MR) is 82.9 cm³/mol.